The molecule has 1 atom stereocenters. The minimum Gasteiger partial charge on any atom is -0.493 e. The predicted molar refractivity (Wildman–Crippen MR) is 84.6 cm³/mol. The molecule has 1 aromatic rings. The monoisotopic (exact) mass is 320 g/mol. The van der Waals surface area contributed by atoms with E-state index in [4.69, 9.17) is 22.1 Å². The third-order valence-corrected chi connectivity index (χ3v) is 2.95. The van der Waals surface area contributed by atoms with Crippen molar-refractivity contribution in [3.8, 4) is 5.75 Å². The van der Waals surface area contributed by atoms with Crippen LogP contribution < -0.4 is 15.8 Å². The van der Waals surface area contributed by atoms with Gasteiger partial charge in [-0.1, -0.05) is 31.0 Å². The quantitative estimate of drug-likeness (QED) is 0.811. The number of amides is 1. The lowest BCUT2D eigenvalue weighted by Crippen LogP contribution is -2.40. The summed E-state index contributed by atoms with van der Waals surface area (Å²) in [5.41, 5.74) is 6.64. The number of carbonyl (C=O) groups excluding carboxylic acids is 1. The van der Waals surface area contributed by atoms with Gasteiger partial charge in [0.05, 0.1) is 12.6 Å². The Morgan fingerprint density at radius 3 is 2.75 bits per heavy atom. The zero-order chi connectivity index (χ0) is 14.3. The van der Waals surface area contributed by atoms with Crippen LogP contribution in [0.2, 0.25) is 5.02 Å². The Morgan fingerprint density at radius 2 is 2.15 bits per heavy atom. The van der Waals surface area contributed by atoms with Crippen molar-refractivity contribution in [2.45, 2.75) is 39.3 Å². The van der Waals surface area contributed by atoms with Gasteiger partial charge in [-0.05, 0) is 25.5 Å². The standard InChI is InChI=1S/C14H21ClN2O2.ClH/c1-3-5-12(16)14(18)17-9-10-6-7-11(15)8-13(10)19-4-2;/h6-8,12H,3-5,9,16H2,1-2H3,(H,17,18);1H. The molecule has 114 valence electrons. The lowest BCUT2D eigenvalue weighted by Gasteiger charge is -2.14. The van der Waals surface area contributed by atoms with E-state index in [1.807, 2.05) is 19.9 Å². The van der Waals surface area contributed by atoms with E-state index in [-0.39, 0.29) is 18.3 Å². The van der Waals surface area contributed by atoms with Crippen LogP contribution in [0.25, 0.3) is 0 Å². The fraction of sp³-hybridized carbons (Fsp3) is 0.500. The summed E-state index contributed by atoms with van der Waals surface area (Å²) in [6.45, 7) is 4.85. The van der Waals surface area contributed by atoms with Gasteiger partial charge in [-0.25, -0.2) is 0 Å². The van der Waals surface area contributed by atoms with Crippen molar-refractivity contribution in [1.82, 2.24) is 5.32 Å². The third-order valence-electron chi connectivity index (χ3n) is 2.72. The predicted octanol–water partition coefficient (Wildman–Crippen LogP) is 2.90. The van der Waals surface area contributed by atoms with Gasteiger partial charge < -0.3 is 15.8 Å². The highest BCUT2D eigenvalue weighted by Gasteiger charge is 2.12. The van der Waals surface area contributed by atoms with Gasteiger partial charge in [0.1, 0.15) is 5.75 Å². The number of carbonyl (C=O) groups is 1. The second kappa shape index (κ2) is 9.86. The molecule has 0 bridgehead atoms. The average Bonchev–Trinajstić information content (AvgIpc) is 2.38. The molecule has 1 aromatic carbocycles. The molecule has 3 N–H and O–H groups in total. The summed E-state index contributed by atoms with van der Waals surface area (Å²) in [5, 5.41) is 3.43. The number of benzene rings is 1. The van der Waals surface area contributed by atoms with Crippen molar-refractivity contribution >= 4 is 29.9 Å². The van der Waals surface area contributed by atoms with Crippen LogP contribution in [0.4, 0.5) is 0 Å². The van der Waals surface area contributed by atoms with Gasteiger partial charge in [0.15, 0.2) is 0 Å². The molecular formula is C14H22Cl2N2O2. The molecule has 6 heteroatoms. The normalized spacial score (nSPS) is 11.4. The Kier molecular flexibility index (Phi) is 9.38. The van der Waals surface area contributed by atoms with Crippen LogP contribution in [-0.2, 0) is 11.3 Å². The second-order valence-corrected chi connectivity index (χ2v) is 4.73. The smallest absolute Gasteiger partial charge is 0.237 e. The SMILES string of the molecule is CCCC(N)C(=O)NCc1ccc(Cl)cc1OCC.Cl. The molecule has 0 aliphatic rings. The van der Waals surface area contributed by atoms with Crippen LogP contribution in [0.3, 0.4) is 0 Å². The number of halogens is 2. The Balaban J connectivity index is 0.00000361. The Hall–Kier alpha value is -0.970. The van der Waals surface area contributed by atoms with E-state index < -0.39 is 6.04 Å². The topological polar surface area (TPSA) is 64.4 Å². The number of nitrogens with two attached hydrogens (primary N) is 1. The largest absolute Gasteiger partial charge is 0.493 e. The van der Waals surface area contributed by atoms with Crippen LogP contribution in [0.15, 0.2) is 18.2 Å². The van der Waals surface area contributed by atoms with Gasteiger partial charge in [-0.2, -0.15) is 0 Å². The van der Waals surface area contributed by atoms with Crippen LogP contribution >= 0.6 is 24.0 Å². The van der Waals surface area contributed by atoms with Gasteiger partial charge in [0.25, 0.3) is 0 Å². The molecule has 0 fully saturated rings. The molecule has 0 saturated heterocycles. The highest BCUT2D eigenvalue weighted by atomic mass is 35.5. The van der Waals surface area contributed by atoms with Gasteiger partial charge in [-0.15, -0.1) is 12.4 Å². The number of ether oxygens (including phenoxy) is 1. The maximum atomic E-state index is 11.7. The summed E-state index contributed by atoms with van der Waals surface area (Å²) in [5.74, 6) is 0.554. The lowest BCUT2D eigenvalue weighted by atomic mass is 10.1. The Morgan fingerprint density at radius 1 is 1.45 bits per heavy atom. The summed E-state index contributed by atoms with van der Waals surface area (Å²) in [6.07, 6.45) is 1.57. The van der Waals surface area contributed by atoms with E-state index in [1.165, 1.54) is 0 Å². The zero-order valence-electron chi connectivity index (χ0n) is 11.8. The van der Waals surface area contributed by atoms with Crippen LogP contribution in [0.5, 0.6) is 5.75 Å². The van der Waals surface area contributed by atoms with Gasteiger partial charge in [0.2, 0.25) is 5.91 Å². The first kappa shape index (κ1) is 19.0. The Labute approximate surface area is 131 Å². The van der Waals surface area contributed by atoms with Crippen molar-refractivity contribution < 1.29 is 9.53 Å². The second-order valence-electron chi connectivity index (χ2n) is 4.30. The number of hydrogen-bond acceptors (Lipinski definition) is 3. The van der Waals surface area contributed by atoms with Crippen LogP contribution in [-0.4, -0.2) is 18.6 Å². The molecule has 20 heavy (non-hydrogen) atoms. The molecular weight excluding hydrogens is 299 g/mol. The van der Waals surface area contributed by atoms with Crippen LogP contribution in [0, 0.1) is 0 Å². The summed E-state index contributed by atoms with van der Waals surface area (Å²) in [6, 6.07) is 4.92. The minimum absolute atomic E-state index is 0. The summed E-state index contributed by atoms with van der Waals surface area (Å²) >= 11 is 5.92. The number of hydrogen-bond donors (Lipinski definition) is 2. The van der Waals surface area contributed by atoms with Gasteiger partial charge in [0, 0.05) is 17.1 Å². The molecule has 1 rings (SSSR count). The van der Waals surface area contributed by atoms with Gasteiger partial charge in [-0.3, -0.25) is 4.79 Å². The molecule has 0 aliphatic heterocycles. The van der Waals surface area contributed by atoms with Crippen molar-refractivity contribution in [3.63, 3.8) is 0 Å². The first-order chi connectivity index (χ1) is 9.08. The molecule has 4 nitrogen and oxygen atoms in total. The molecule has 0 saturated carbocycles. The lowest BCUT2D eigenvalue weighted by molar-refractivity contribution is -0.122. The van der Waals surface area contributed by atoms with E-state index in [0.717, 1.165) is 12.0 Å². The zero-order valence-corrected chi connectivity index (χ0v) is 13.4. The molecule has 0 heterocycles. The molecule has 0 radical (unpaired) electrons. The fourth-order valence-corrected chi connectivity index (χ4v) is 1.88. The molecule has 0 spiro atoms. The number of nitrogens with one attached hydrogen (secondary N) is 1. The van der Waals surface area contributed by atoms with Crippen molar-refractivity contribution in [2.24, 2.45) is 5.73 Å². The van der Waals surface area contributed by atoms with E-state index >= 15 is 0 Å². The third kappa shape index (κ3) is 5.99. The summed E-state index contributed by atoms with van der Waals surface area (Å²) < 4.78 is 5.49. The van der Waals surface area contributed by atoms with Crippen molar-refractivity contribution in [3.05, 3.63) is 28.8 Å². The van der Waals surface area contributed by atoms with E-state index in [0.29, 0.717) is 30.3 Å². The molecule has 1 amide bonds. The van der Waals surface area contributed by atoms with Crippen molar-refractivity contribution in [1.29, 1.82) is 0 Å². The Bertz CT molecular complexity index is 428. The fourth-order valence-electron chi connectivity index (χ4n) is 1.72. The van der Waals surface area contributed by atoms with E-state index in [2.05, 4.69) is 5.32 Å². The highest BCUT2D eigenvalue weighted by Crippen LogP contribution is 2.23. The average molecular weight is 321 g/mol. The maximum Gasteiger partial charge on any atom is 0.237 e. The number of rotatable bonds is 7. The first-order valence-electron chi connectivity index (χ1n) is 6.53. The van der Waals surface area contributed by atoms with Gasteiger partial charge >= 0.3 is 0 Å². The highest BCUT2D eigenvalue weighted by molar-refractivity contribution is 6.30. The maximum absolute atomic E-state index is 11.7. The summed E-state index contributed by atoms with van der Waals surface area (Å²) in [7, 11) is 0. The summed E-state index contributed by atoms with van der Waals surface area (Å²) in [4.78, 5) is 11.7. The van der Waals surface area contributed by atoms with E-state index in [1.54, 1.807) is 12.1 Å². The first-order valence-corrected chi connectivity index (χ1v) is 6.90. The minimum atomic E-state index is -0.451. The van der Waals surface area contributed by atoms with Crippen LogP contribution in [0.1, 0.15) is 32.3 Å². The van der Waals surface area contributed by atoms with E-state index in [9.17, 15) is 4.79 Å². The molecule has 0 aliphatic carbocycles. The molecule has 0 aromatic heterocycles. The molecule has 1 unspecified atom stereocenters. The van der Waals surface area contributed by atoms with Crippen molar-refractivity contribution in [2.75, 3.05) is 6.61 Å².